The Morgan fingerprint density at radius 2 is 2.21 bits per heavy atom. The first-order valence-corrected chi connectivity index (χ1v) is 4.83. The molecule has 0 aliphatic rings. The SMILES string of the molecule is C=CC(=O)O.COc1cccc(I)c1. The molecule has 1 aromatic carbocycles. The molecule has 0 aliphatic carbocycles. The number of rotatable bonds is 2. The van der Waals surface area contributed by atoms with E-state index in [1.54, 1.807) is 7.11 Å². The van der Waals surface area contributed by atoms with E-state index in [0.717, 1.165) is 11.8 Å². The van der Waals surface area contributed by atoms with Crippen molar-refractivity contribution in [2.24, 2.45) is 0 Å². The van der Waals surface area contributed by atoms with Crippen LogP contribution in [-0.2, 0) is 4.79 Å². The molecule has 0 spiro atoms. The van der Waals surface area contributed by atoms with Gasteiger partial charge < -0.3 is 9.84 Å². The molecule has 1 N–H and O–H groups in total. The van der Waals surface area contributed by atoms with Crippen LogP contribution in [0, 0.1) is 3.57 Å². The maximum Gasteiger partial charge on any atom is 0.327 e. The van der Waals surface area contributed by atoms with Crippen molar-refractivity contribution in [1.82, 2.24) is 0 Å². The third kappa shape index (κ3) is 6.47. The van der Waals surface area contributed by atoms with E-state index in [2.05, 4.69) is 29.2 Å². The monoisotopic (exact) mass is 306 g/mol. The van der Waals surface area contributed by atoms with Crippen LogP contribution in [0.15, 0.2) is 36.9 Å². The molecular formula is C10H11IO3. The molecule has 0 atom stereocenters. The summed E-state index contributed by atoms with van der Waals surface area (Å²) in [6, 6.07) is 7.92. The summed E-state index contributed by atoms with van der Waals surface area (Å²) in [5, 5.41) is 7.60. The lowest BCUT2D eigenvalue weighted by atomic mass is 10.3. The van der Waals surface area contributed by atoms with Gasteiger partial charge in [-0.15, -0.1) is 0 Å². The van der Waals surface area contributed by atoms with Gasteiger partial charge in [0.05, 0.1) is 7.11 Å². The molecule has 14 heavy (non-hydrogen) atoms. The van der Waals surface area contributed by atoms with Crippen LogP contribution in [-0.4, -0.2) is 18.2 Å². The fourth-order valence-corrected chi connectivity index (χ4v) is 1.11. The zero-order valence-electron chi connectivity index (χ0n) is 7.74. The number of carboxylic acids is 1. The van der Waals surface area contributed by atoms with Crippen LogP contribution >= 0.6 is 22.6 Å². The lowest BCUT2D eigenvalue weighted by Crippen LogP contribution is -1.82. The molecule has 0 heterocycles. The van der Waals surface area contributed by atoms with E-state index in [1.807, 2.05) is 24.3 Å². The number of ether oxygens (including phenoxy) is 1. The molecule has 0 unspecified atom stereocenters. The van der Waals surface area contributed by atoms with E-state index in [-0.39, 0.29) is 0 Å². The normalized spacial score (nSPS) is 8.14. The maximum absolute atomic E-state index is 9.25. The summed E-state index contributed by atoms with van der Waals surface area (Å²) in [7, 11) is 1.67. The average molecular weight is 306 g/mol. The largest absolute Gasteiger partial charge is 0.497 e. The van der Waals surface area contributed by atoms with E-state index in [4.69, 9.17) is 9.84 Å². The number of methoxy groups -OCH3 is 1. The minimum Gasteiger partial charge on any atom is -0.497 e. The highest BCUT2D eigenvalue weighted by Crippen LogP contribution is 2.13. The molecule has 0 bridgehead atoms. The van der Waals surface area contributed by atoms with Gasteiger partial charge in [-0.3, -0.25) is 0 Å². The Hall–Kier alpha value is -1.04. The number of benzene rings is 1. The van der Waals surface area contributed by atoms with Gasteiger partial charge in [-0.25, -0.2) is 4.79 Å². The van der Waals surface area contributed by atoms with Crippen LogP contribution in [0.3, 0.4) is 0 Å². The minimum absolute atomic E-state index is 0.833. The highest BCUT2D eigenvalue weighted by Gasteiger charge is 1.88. The van der Waals surface area contributed by atoms with Crippen molar-refractivity contribution in [2.45, 2.75) is 0 Å². The molecule has 0 saturated heterocycles. The summed E-state index contributed by atoms with van der Waals surface area (Å²) < 4.78 is 6.19. The van der Waals surface area contributed by atoms with Crippen molar-refractivity contribution in [3.8, 4) is 5.75 Å². The fraction of sp³-hybridized carbons (Fsp3) is 0.100. The molecule has 76 valence electrons. The van der Waals surface area contributed by atoms with E-state index in [0.29, 0.717) is 0 Å². The summed E-state index contributed by atoms with van der Waals surface area (Å²) >= 11 is 2.25. The number of carbonyl (C=O) groups is 1. The predicted octanol–water partition coefficient (Wildman–Crippen LogP) is 2.56. The molecule has 3 nitrogen and oxygen atoms in total. The second-order valence-electron chi connectivity index (χ2n) is 2.20. The molecule has 0 amide bonds. The van der Waals surface area contributed by atoms with Crippen LogP contribution in [0.1, 0.15) is 0 Å². The summed E-state index contributed by atoms with van der Waals surface area (Å²) in [5.41, 5.74) is 0. The number of hydrogen-bond donors (Lipinski definition) is 1. The molecular weight excluding hydrogens is 295 g/mol. The molecule has 0 aromatic heterocycles. The van der Waals surface area contributed by atoms with Gasteiger partial charge in [-0.2, -0.15) is 0 Å². The topological polar surface area (TPSA) is 46.5 Å². The lowest BCUT2D eigenvalue weighted by Gasteiger charge is -1.96. The van der Waals surface area contributed by atoms with Crippen molar-refractivity contribution in [1.29, 1.82) is 0 Å². The Labute approximate surface area is 96.5 Å². The van der Waals surface area contributed by atoms with Gasteiger partial charge in [0.15, 0.2) is 0 Å². The van der Waals surface area contributed by atoms with Crippen molar-refractivity contribution in [2.75, 3.05) is 7.11 Å². The number of carboxylic acid groups (broad SMARTS) is 1. The van der Waals surface area contributed by atoms with Gasteiger partial charge in [0.2, 0.25) is 0 Å². The smallest absolute Gasteiger partial charge is 0.327 e. The Morgan fingerprint density at radius 3 is 2.50 bits per heavy atom. The van der Waals surface area contributed by atoms with E-state index in [1.165, 1.54) is 3.57 Å². The number of aliphatic carboxylic acids is 1. The predicted molar refractivity (Wildman–Crippen MR) is 63.5 cm³/mol. The van der Waals surface area contributed by atoms with Gasteiger partial charge in [0.25, 0.3) is 0 Å². The second kappa shape index (κ2) is 7.37. The Morgan fingerprint density at radius 1 is 1.64 bits per heavy atom. The second-order valence-corrected chi connectivity index (χ2v) is 3.45. The van der Waals surface area contributed by atoms with Gasteiger partial charge >= 0.3 is 5.97 Å². The van der Waals surface area contributed by atoms with Crippen LogP contribution in [0.2, 0.25) is 0 Å². The third-order valence-corrected chi connectivity index (χ3v) is 1.88. The Balaban J connectivity index is 0.000000292. The molecule has 0 aliphatic heterocycles. The van der Waals surface area contributed by atoms with Crippen LogP contribution in [0.5, 0.6) is 5.75 Å². The zero-order valence-corrected chi connectivity index (χ0v) is 9.89. The zero-order chi connectivity index (χ0) is 11.0. The minimum atomic E-state index is -0.981. The third-order valence-electron chi connectivity index (χ3n) is 1.21. The van der Waals surface area contributed by atoms with Gasteiger partial charge in [-0.05, 0) is 40.8 Å². The summed E-state index contributed by atoms with van der Waals surface area (Å²) in [4.78, 5) is 9.25. The summed E-state index contributed by atoms with van der Waals surface area (Å²) in [5.74, 6) is -0.0631. The van der Waals surface area contributed by atoms with Crippen molar-refractivity contribution in [3.05, 3.63) is 40.5 Å². The van der Waals surface area contributed by atoms with Crippen LogP contribution in [0.25, 0.3) is 0 Å². The van der Waals surface area contributed by atoms with E-state index in [9.17, 15) is 4.79 Å². The Kier molecular flexibility index (Phi) is 6.82. The first-order valence-electron chi connectivity index (χ1n) is 3.75. The van der Waals surface area contributed by atoms with Crippen molar-refractivity contribution < 1.29 is 14.6 Å². The fourth-order valence-electron chi connectivity index (χ4n) is 0.594. The first kappa shape index (κ1) is 13.0. The van der Waals surface area contributed by atoms with Gasteiger partial charge in [0.1, 0.15) is 5.75 Å². The molecule has 0 fully saturated rings. The first-order chi connectivity index (χ1) is 6.60. The van der Waals surface area contributed by atoms with Crippen molar-refractivity contribution in [3.63, 3.8) is 0 Å². The highest BCUT2D eigenvalue weighted by atomic mass is 127. The molecule has 4 heteroatoms. The van der Waals surface area contributed by atoms with E-state index < -0.39 is 5.97 Å². The quantitative estimate of drug-likeness (QED) is 0.675. The maximum atomic E-state index is 9.25. The molecule has 0 radical (unpaired) electrons. The number of hydrogen-bond acceptors (Lipinski definition) is 2. The van der Waals surface area contributed by atoms with Gasteiger partial charge in [-0.1, -0.05) is 12.6 Å². The summed E-state index contributed by atoms with van der Waals surface area (Å²) in [6.07, 6.45) is 0.833. The van der Waals surface area contributed by atoms with Crippen molar-refractivity contribution >= 4 is 28.6 Å². The average Bonchev–Trinajstić information content (AvgIpc) is 2.18. The molecule has 0 saturated carbocycles. The molecule has 1 rings (SSSR count). The molecule has 1 aromatic rings. The summed E-state index contributed by atoms with van der Waals surface area (Å²) in [6.45, 7) is 2.96. The standard InChI is InChI=1S/C7H7IO.C3H4O2/c1-9-7-4-2-3-6(8)5-7;1-2-3(4)5/h2-5H,1H3;2H,1H2,(H,4,5). The Bertz CT molecular complexity index is 310. The van der Waals surface area contributed by atoms with Crippen LogP contribution < -0.4 is 4.74 Å². The van der Waals surface area contributed by atoms with Gasteiger partial charge in [0, 0.05) is 9.65 Å². The van der Waals surface area contributed by atoms with E-state index >= 15 is 0 Å². The highest BCUT2D eigenvalue weighted by molar-refractivity contribution is 14.1. The lowest BCUT2D eigenvalue weighted by molar-refractivity contribution is -0.131. The number of halogens is 1. The van der Waals surface area contributed by atoms with Crippen LogP contribution in [0.4, 0.5) is 0 Å².